The monoisotopic (exact) mass is 343 g/mol. The third kappa shape index (κ3) is 5.17. The zero-order valence-corrected chi connectivity index (χ0v) is 13.9. The fourth-order valence-corrected chi connectivity index (χ4v) is 2.03. The number of carbonyl (C=O) groups is 2. The number of rotatable bonds is 7. The maximum absolute atomic E-state index is 13.2. The van der Waals surface area contributed by atoms with Crippen LogP contribution >= 0.6 is 0 Å². The summed E-state index contributed by atoms with van der Waals surface area (Å²) in [5.41, 5.74) is 0.975. The second-order valence-electron chi connectivity index (χ2n) is 5.08. The Morgan fingerprint density at radius 1 is 1.16 bits per heavy atom. The third-order valence-corrected chi connectivity index (χ3v) is 3.36. The van der Waals surface area contributed by atoms with Gasteiger partial charge in [-0.05, 0) is 35.9 Å². The van der Waals surface area contributed by atoms with Crippen molar-refractivity contribution in [2.24, 2.45) is 0 Å². The number of hydrogen-bond acceptors (Lipinski definition) is 4. The Morgan fingerprint density at radius 2 is 1.96 bits per heavy atom. The molecular weight excluding hydrogens is 325 g/mol. The van der Waals surface area contributed by atoms with E-state index in [-0.39, 0.29) is 23.9 Å². The summed E-state index contributed by atoms with van der Waals surface area (Å²) in [6, 6.07) is 10.5. The topological polar surface area (TPSA) is 64.6 Å². The van der Waals surface area contributed by atoms with Gasteiger partial charge in [-0.15, -0.1) is 0 Å². The van der Waals surface area contributed by atoms with Crippen LogP contribution in [-0.4, -0.2) is 32.5 Å². The molecule has 130 valence electrons. The van der Waals surface area contributed by atoms with E-state index in [0.29, 0.717) is 17.1 Å². The van der Waals surface area contributed by atoms with Crippen molar-refractivity contribution in [3.63, 3.8) is 0 Å². The molecule has 0 radical (unpaired) electrons. The number of nitrogens with one attached hydrogen (secondary N) is 1. The van der Waals surface area contributed by atoms with Crippen LogP contribution in [0.1, 0.15) is 15.9 Å². The molecule has 5 nitrogen and oxygen atoms in total. The smallest absolute Gasteiger partial charge is 0.257 e. The number of amides is 1. The molecule has 6 heteroatoms. The van der Waals surface area contributed by atoms with Gasteiger partial charge in [0.2, 0.25) is 0 Å². The summed E-state index contributed by atoms with van der Waals surface area (Å²) in [6.07, 6.45) is 2.95. The molecule has 0 saturated heterocycles. The van der Waals surface area contributed by atoms with Crippen molar-refractivity contribution >= 4 is 17.8 Å². The fourth-order valence-electron chi connectivity index (χ4n) is 2.03. The van der Waals surface area contributed by atoms with E-state index in [9.17, 15) is 14.0 Å². The van der Waals surface area contributed by atoms with Crippen molar-refractivity contribution in [2.75, 3.05) is 20.8 Å². The number of halogens is 1. The molecule has 2 aromatic rings. The number of ketones is 1. The highest BCUT2D eigenvalue weighted by molar-refractivity contribution is 6.06. The van der Waals surface area contributed by atoms with Crippen LogP contribution in [0.25, 0.3) is 6.08 Å². The first-order valence-corrected chi connectivity index (χ1v) is 7.53. The Bertz CT molecular complexity index is 802. The van der Waals surface area contributed by atoms with Gasteiger partial charge in [0.25, 0.3) is 5.91 Å². The predicted octanol–water partition coefficient (Wildman–Crippen LogP) is 2.86. The van der Waals surface area contributed by atoms with Gasteiger partial charge in [-0.3, -0.25) is 9.59 Å². The number of hydrogen-bond donors (Lipinski definition) is 1. The molecule has 2 rings (SSSR count). The Morgan fingerprint density at radius 3 is 2.64 bits per heavy atom. The molecule has 0 heterocycles. The van der Waals surface area contributed by atoms with E-state index in [1.54, 1.807) is 30.3 Å². The van der Waals surface area contributed by atoms with Crippen molar-refractivity contribution < 1.29 is 23.5 Å². The minimum absolute atomic E-state index is 0.125. The van der Waals surface area contributed by atoms with E-state index in [0.717, 1.165) is 0 Å². The Kier molecular flexibility index (Phi) is 6.28. The summed E-state index contributed by atoms with van der Waals surface area (Å²) >= 11 is 0. The van der Waals surface area contributed by atoms with Crippen LogP contribution in [-0.2, 0) is 4.79 Å². The van der Waals surface area contributed by atoms with Gasteiger partial charge < -0.3 is 14.8 Å². The Hall–Kier alpha value is -3.15. The molecule has 0 fully saturated rings. The van der Waals surface area contributed by atoms with Gasteiger partial charge in [-0.1, -0.05) is 24.3 Å². The lowest BCUT2D eigenvalue weighted by molar-refractivity contribution is -0.122. The quantitative estimate of drug-likeness (QED) is 0.620. The van der Waals surface area contributed by atoms with Gasteiger partial charge in [0.1, 0.15) is 5.82 Å². The van der Waals surface area contributed by atoms with Crippen molar-refractivity contribution in [1.82, 2.24) is 5.32 Å². The first kappa shape index (κ1) is 18.2. The highest BCUT2D eigenvalue weighted by Gasteiger charge is 2.08. The molecule has 2 aromatic carbocycles. The molecule has 0 spiro atoms. The molecule has 0 saturated carbocycles. The summed E-state index contributed by atoms with van der Waals surface area (Å²) in [5.74, 6) is -0.173. The summed E-state index contributed by atoms with van der Waals surface area (Å²) in [6.45, 7) is -0.125. The highest BCUT2D eigenvalue weighted by Crippen LogP contribution is 2.28. The molecule has 1 N–H and O–H groups in total. The average molecular weight is 343 g/mol. The van der Waals surface area contributed by atoms with Crippen LogP contribution in [0.2, 0.25) is 0 Å². The van der Waals surface area contributed by atoms with Crippen LogP contribution in [0.3, 0.4) is 0 Å². The fraction of sp³-hybridized carbons (Fsp3) is 0.158. The minimum atomic E-state index is -0.460. The maximum Gasteiger partial charge on any atom is 0.257 e. The number of methoxy groups -OCH3 is 1. The lowest BCUT2D eigenvalue weighted by atomic mass is 10.1. The number of ether oxygens (including phenoxy) is 2. The number of carbonyl (C=O) groups excluding carboxylic acids is 2. The van der Waals surface area contributed by atoms with Gasteiger partial charge in [-0.25, -0.2) is 4.39 Å². The van der Waals surface area contributed by atoms with E-state index in [4.69, 9.17) is 9.47 Å². The molecule has 0 unspecified atom stereocenters. The number of allylic oxidation sites excluding steroid dienone is 1. The zero-order chi connectivity index (χ0) is 18.2. The molecule has 0 aliphatic rings. The van der Waals surface area contributed by atoms with Crippen LogP contribution in [0.5, 0.6) is 11.5 Å². The molecule has 0 atom stereocenters. The average Bonchev–Trinajstić information content (AvgIpc) is 2.64. The molecule has 1 amide bonds. The first-order valence-electron chi connectivity index (χ1n) is 7.53. The minimum Gasteiger partial charge on any atom is -0.493 e. The van der Waals surface area contributed by atoms with Crippen molar-refractivity contribution in [1.29, 1.82) is 0 Å². The SMILES string of the molecule is CNC(=O)COc1ccc(/C=C\C(=O)c2cccc(F)c2)cc1OC. The number of likely N-dealkylation sites (N-methyl/N-ethyl adjacent to an activating group) is 1. The summed E-state index contributed by atoms with van der Waals surface area (Å²) in [4.78, 5) is 23.3. The second-order valence-corrected chi connectivity index (χ2v) is 5.08. The summed E-state index contributed by atoms with van der Waals surface area (Å²) in [7, 11) is 3.00. The largest absolute Gasteiger partial charge is 0.493 e. The third-order valence-electron chi connectivity index (χ3n) is 3.36. The number of benzene rings is 2. The van der Waals surface area contributed by atoms with Gasteiger partial charge in [0.05, 0.1) is 7.11 Å². The maximum atomic E-state index is 13.2. The van der Waals surface area contributed by atoms with Crippen LogP contribution < -0.4 is 14.8 Å². The Balaban J connectivity index is 2.11. The standard InChI is InChI=1S/C19H18FNO4/c1-21-19(23)12-25-17-9-7-13(10-18(17)24-2)6-8-16(22)14-4-3-5-15(20)11-14/h3-11H,12H2,1-2H3,(H,21,23)/b8-6-. The van der Waals surface area contributed by atoms with Gasteiger partial charge >= 0.3 is 0 Å². The lowest BCUT2D eigenvalue weighted by Gasteiger charge is -2.10. The Labute approximate surface area is 145 Å². The molecule has 25 heavy (non-hydrogen) atoms. The van der Waals surface area contributed by atoms with Crippen LogP contribution in [0.4, 0.5) is 4.39 Å². The molecule has 0 aliphatic heterocycles. The van der Waals surface area contributed by atoms with E-state index >= 15 is 0 Å². The van der Waals surface area contributed by atoms with Crippen LogP contribution in [0, 0.1) is 5.82 Å². The molecule has 0 bridgehead atoms. The van der Waals surface area contributed by atoms with E-state index < -0.39 is 5.82 Å². The normalized spacial score (nSPS) is 10.5. The van der Waals surface area contributed by atoms with Crippen molar-refractivity contribution in [3.05, 3.63) is 65.5 Å². The molecular formula is C19H18FNO4. The van der Waals surface area contributed by atoms with Gasteiger partial charge in [-0.2, -0.15) is 0 Å². The summed E-state index contributed by atoms with van der Waals surface area (Å²) < 4.78 is 23.8. The van der Waals surface area contributed by atoms with Crippen molar-refractivity contribution in [2.45, 2.75) is 0 Å². The lowest BCUT2D eigenvalue weighted by Crippen LogP contribution is -2.24. The summed E-state index contributed by atoms with van der Waals surface area (Å²) in [5, 5.41) is 2.46. The van der Waals surface area contributed by atoms with E-state index in [1.165, 1.54) is 38.4 Å². The predicted molar refractivity (Wildman–Crippen MR) is 92.3 cm³/mol. The molecule has 0 aromatic heterocycles. The first-order chi connectivity index (χ1) is 12.0. The van der Waals surface area contributed by atoms with E-state index in [1.807, 2.05) is 0 Å². The zero-order valence-electron chi connectivity index (χ0n) is 13.9. The van der Waals surface area contributed by atoms with Gasteiger partial charge in [0.15, 0.2) is 23.9 Å². The highest BCUT2D eigenvalue weighted by atomic mass is 19.1. The van der Waals surface area contributed by atoms with E-state index in [2.05, 4.69) is 5.32 Å². The molecule has 0 aliphatic carbocycles. The van der Waals surface area contributed by atoms with Gasteiger partial charge in [0, 0.05) is 12.6 Å². The van der Waals surface area contributed by atoms with Crippen molar-refractivity contribution in [3.8, 4) is 11.5 Å². The second kappa shape index (κ2) is 8.63. The van der Waals surface area contributed by atoms with Crippen LogP contribution in [0.15, 0.2) is 48.5 Å².